The first kappa shape index (κ1) is 10.7. The zero-order valence-electron chi connectivity index (χ0n) is 8.15. The SMILES string of the molecule is NCC(=O)NCCCCn1ccnc1. The molecule has 1 aromatic rings. The average Bonchev–Trinajstić information content (AvgIpc) is 2.69. The number of aryl methyl sites for hydroxylation is 1. The zero-order chi connectivity index (χ0) is 10.2. The van der Waals surface area contributed by atoms with Crippen molar-refractivity contribution in [3.8, 4) is 0 Å². The number of imidazole rings is 1. The monoisotopic (exact) mass is 196 g/mol. The van der Waals surface area contributed by atoms with Crippen molar-refractivity contribution in [3.05, 3.63) is 18.7 Å². The van der Waals surface area contributed by atoms with E-state index in [1.165, 1.54) is 0 Å². The zero-order valence-corrected chi connectivity index (χ0v) is 8.15. The first-order chi connectivity index (χ1) is 6.83. The first-order valence-corrected chi connectivity index (χ1v) is 4.75. The molecule has 0 saturated carbocycles. The summed E-state index contributed by atoms with van der Waals surface area (Å²) >= 11 is 0. The summed E-state index contributed by atoms with van der Waals surface area (Å²) in [5.74, 6) is -0.0902. The van der Waals surface area contributed by atoms with E-state index in [0.29, 0.717) is 6.54 Å². The number of carbonyl (C=O) groups is 1. The number of aromatic nitrogens is 2. The van der Waals surface area contributed by atoms with Gasteiger partial charge in [0.25, 0.3) is 0 Å². The molecule has 0 spiro atoms. The Hall–Kier alpha value is -1.36. The minimum absolute atomic E-state index is 0.0710. The molecule has 0 atom stereocenters. The van der Waals surface area contributed by atoms with Crippen molar-refractivity contribution < 1.29 is 4.79 Å². The lowest BCUT2D eigenvalue weighted by Crippen LogP contribution is -2.30. The fraction of sp³-hybridized carbons (Fsp3) is 0.556. The highest BCUT2D eigenvalue weighted by molar-refractivity contribution is 5.77. The summed E-state index contributed by atoms with van der Waals surface area (Å²) in [4.78, 5) is 14.7. The summed E-state index contributed by atoms with van der Waals surface area (Å²) in [6, 6.07) is 0. The van der Waals surface area contributed by atoms with Crippen molar-refractivity contribution in [2.45, 2.75) is 19.4 Å². The van der Waals surface area contributed by atoms with Gasteiger partial charge in [0.15, 0.2) is 0 Å². The molecule has 3 N–H and O–H groups in total. The van der Waals surface area contributed by atoms with Gasteiger partial charge in [0.05, 0.1) is 12.9 Å². The van der Waals surface area contributed by atoms with E-state index < -0.39 is 0 Å². The highest BCUT2D eigenvalue weighted by atomic mass is 16.1. The number of hydrogen-bond acceptors (Lipinski definition) is 3. The van der Waals surface area contributed by atoms with Gasteiger partial charge in [0.2, 0.25) is 5.91 Å². The fourth-order valence-corrected chi connectivity index (χ4v) is 1.14. The second-order valence-electron chi connectivity index (χ2n) is 3.06. The van der Waals surface area contributed by atoms with Crippen molar-refractivity contribution in [2.24, 2.45) is 5.73 Å². The van der Waals surface area contributed by atoms with Crippen LogP contribution in [0.25, 0.3) is 0 Å². The van der Waals surface area contributed by atoms with E-state index in [9.17, 15) is 4.79 Å². The molecule has 1 heterocycles. The third-order valence-corrected chi connectivity index (χ3v) is 1.91. The van der Waals surface area contributed by atoms with Crippen LogP contribution in [-0.4, -0.2) is 28.5 Å². The van der Waals surface area contributed by atoms with Crippen molar-refractivity contribution in [1.29, 1.82) is 0 Å². The minimum atomic E-state index is -0.0902. The molecule has 5 heteroatoms. The summed E-state index contributed by atoms with van der Waals surface area (Å²) in [6.45, 7) is 1.71. The van der Waals surface area contributed by atoms with Crippen molar-refractivity contribution in [1.82, 2.24) is 14.9 Å². The number of nitrogens with zero attached hydrogens (tertiary/aromatic N) is 2. The largest absolute Gasteiger partial charge is 0.355 e. The maximum atomic E-state index is 10.8. The van der Waals surface area contributed by atoms with Gasteiger partial charge in [0, 0.05) is 25.5 Å². The lowest BCUT2D eigenvalue weighted by molar-refractivity contribution is -0.119. The average molecular weight is 196 g/mol. The van der Waals surface area contributed by atoms with E-state index in [2.05, 4.69) is 10.3 Å². The molecule has 0 bridgehead atoms. The highest BCUT2D eigenvalue weighted by Crippen LogP contribution is 1.93. The molecule has 0 aliphatic carbocycles. The Morgan fingerprint density at radius 2 is 2.36 bits per heavy atom. The number of nitrogens with one attached hydrogen (secondary N) is 1. The lowest BCUT2D eigenvalue weighted by atomic mass is 10.3. The highest BCUT2D eigenvalue weighted by Gasteiger charge is 1.95. The molecular weight excluding hydrogens is 180 g/mol. The van der Waals surface area contributed by atoms with Crippen molar-refractivity contribution >= 4 is 5.91 Å². The molecule has 0 saturated heterocycles. The molecule has 1 amide bonds. The smallest absolute Gasteiger partial charge is 0.233 e. The molecule has 14 heavy (non-hydrogen) atoms. The number of hydrogen-bond donors (Lipinski definition) is 2. The fourth-order valence-electron chi connectivity index (χ4n) is 1.14. The Balaban J connectivity index is 1.97. The van der Waals surface area contributed by atoms with E-state index in [4.69, 9.17) is 5.73 Å². The maximum absolute atomic E-state index is 10.8. The summed E-state index contributed by atoms with van der Waals surface area (Å²) in [5.41, 5.74) is 5.14. The number of amides is 1. The molecule has 78 valence electrons. The summed E-state index contributed by atoms with van der Waals surface area (Å²) < 4.78 is 2.02. The van der Waals surface area contributed by atoms with Crippen molar-refractivity contribution in [3.63, 3.8) is 0 Å². The van der Waals surface area contributed by atoms with Gasteiger partial charge in [-0.2, -0.15) is 0 Å². The van der Waals surface area contributed by atoms with Gasteiger partial charge >= 0.3 is 0 Å². The third kappa shape index (κ3) is 4.04. The Bertz CT molecular complexity index is 258. The predicted octanol–water partition coefficient (Wildman–Crippen LogP) is -0.262. The second kappa shape index (κ2) is 6.15. The molecule has 1 rings (SSSR count). The summed E-state index contributed by atoms with van der Waals surface area (Å²) in [7, 11) is 0. The standard InChI is InChI=1S/C9H16N4O/c10-7-9(14)12-3-1-2-5-13-6-4-11-8-13/h4,6,8H,1-3,5,7,10H2,(H,12,14). The van der Waals surface area contributed by atoms with Crippen LogP contribution in [0.4, 0.5) is 0 Å². The van der Waals surface area contributed by atoms with Crippen LogP contribution in [0, 0.1) is 0 Å². The molecule has 0 fully saturated rings. The normalized spacial score (nSPS) is 10.1. The molecule has 0 radical (unpaired) electrons. The molecule has 0 aliphatic heterocycles. The number of carbonyl (C=O) groups excluding carboxylic acids is 1. The molecule has 0 aromatic carbocycles. The van der Waals surface area contributed by atoms with E-state index in [1.54, 1.807) is 12.5 Å². The van der Waals surface area contributed by atoms with Crippen LogP contribution in [0.2, 0.25) is 0 Å². The lowest BCUT2D eigenvalue weighted by Gasteiger charge is -2.03. The van der Waals surface area contributed by atoms with Crippen LogP contribution in [0.5, 0.6) is 0 Å². The van der Waals surface area contributed by atoms with Crippen LogP contribution < -0.4 is 11.1 Å². The summed E-state index contributed by atoms with van der Waals surface area (Å²) in [5, 5.41) is 2.72. The van der Waals surface area contributed by atoms with Crippen LogP contribution in [0.3, 0.4) is 0 Å². The quantitative estimate of drug-likeness (QED) is 0.615. The van der Waals surface area contributed by atoms with Crippen LogP contribution >= 0.6 is 0 Å². The molecule has 1 aromatic heterocycles. The minimum Gasteiger partial charge on any atom is -0.355 e. The van der Waals surface area contributed by atoms with E-state index in [1.807, 2.05) is 10.8 Å². The van der Waals surface area contributed by atoms with Crippen LogP contribution in [0.1, 0.15) is 12.8 Å². The third-order valence-electron chi connectivity index (χ3n) is 1.91. The predicted molar refractivity (Wildman–Crippen MR) is 53.5 cm³/mol. The second-order valence-corrected chi connectivity index (χ2v) is 3.06. The van der Waals surface area contributed by atoms with Gasteiger partial charge in [-0.05, 0) is 12.8 Å². The first-order valence-electron chi connectivity index (χ1n) is 4.75. The number of rotatable bonds is 6. The topological polar surface area (TPSA) is 72.9 Å². The van der Waals surface area contributed by atoms with Gasteiger partial charge in [-0.25, -0.2) is 4.98 Å². The molecular formula is C9H16N4O. The summed E-state index contributed by atoms with van der Waals surface area (Å²) in [6.07, 6.45) is 7.47. The van der Waals surface area contributed by atoms with Gasteiger partial charge in [-0.3, -0.25) is 4.79 Å². The molecule has 0 aliphatic rings. The number of nitrogens with two attached hydrogens (primary N) is 1. The van der Waals surface area contributed by atoms with Gasteiger partial charge < -0.3 is 15.6 Å². The van der Waals surface area contributed by atoms with Gasteiger partial charge in [-0.1, -0.05) is 0 Å². The maximum Gasteiger partial charge on any atom is 0.233 e. The van der Waals surface area contributed by atoms with Gasteiger partial charge in [-0.15, -0.1) is 0 Å². The van der Waals surface area contributed by atoms with Crippen LogP contribution in [-0.2, 0) is 11.3 Å². The Labute approximate surface area is 83.3 Å². The van der Waals surface area contributed by atoms with E-state index in [0.717, 1.165) is 19.4 Å². The Morgan fingerprint density at radius 3 is 3.00 bits per heavy atom. The van der Waals surface area contributed by atoms with E-state index >= 15 is 0 Å². The van der Waals surface area contributed by atoms with Crippen molar-refractivity contribution in [2.75, 3.05) is 13.1 Å². The molecule has 0 unspecified atom stereocenters. The number of unbranched alkanes of at least 4 members (excludes halogenated alkanes) is 1. The Morgan fingerprint density at radius 1 is 1.50 bits per heavy atom. The Kier molecular flexibility index (Phi) is 4.71. The van der Waals surface area contributed by atoms with E-state index in [-0.39, 0.29) is 12.5 Å². The van der Waals surface area contributed by atoms with Gasteiger partial charge in [0.1, 0.15) is 0 Å². The van der Waals surface area contributed by atoms with Crippen LogP contribution in [0.15, 0.2) is 18.7 Å². The molecule has 5 nitrogen and oxygen atoms in total.